The number of imide groups is 1. The van der Waals surface area contributed by atoms with Crippen molar-refractivity contribution in [3.05, 3.63) is 88.8 Å². The fourth-order valence-corrected chi connectivity index (χ4v) is 5.96. The Balaban J connectivity index is 1.16. The van der Waals surface area contributed by atoms with Crippen molar-refractivity contribution in [3.63, 3.8) is 0 Å². The summed E-state index contributed by atoms with van der Waals surface area (Å²) >= 11 is 6.23. The molecule has 2 heterocycles. The first-order valence-corrected chi connectivity index (χ1v) is 14.9. The standard InChI is InChI=1S/C28H27ClN6O5S/c29-23-24(27(38)35(26(23)37)21-5-2-1-3-6-21)32-17-18-7-9-19(10-8-18)25(36)33-20-11-13-22(14-12-20)41(39,40)34-28-30-15-4-16-31-28/h4,7-16,21,32H,1-3,5-6,17H2,(H,33,36)(H,30,31,34). The van der Waals surface area contributed by atoms with Crippen LogP contribution >= 0.6 is 11.6 Å². The van der Waals surface area contributed by atoms with E-state index < -0.39 is 21.8 Å². The number of nitrogens with zero attached hydrogens (tertiary/aromatic N) is 3. The minimum absolute atomic E-state index is 0.0145. The normalized spacial score (nSPS) is 16.2. The Labute approximate surface area is 242 Å². The van der Waals surface area contributed by atoms with E-state index in [4.69, 9.17) is 11.6 Å². The summed E-state index contributed by atoms with van der Waals surface area (Å²) in [6.45, 7) is 0.239. The number of halogens is 1. The third-order valence-corrected chi connectivity index (χ3v) is 8.59. The average molecular weight is 595 g/mol. The molecule has 0 bridgehead atoms. The Morgan fingerprint density at radius 1 is 0.927 bits per heavy atom. The molecule has 11 nitrogen and oxygen atoms in total. The minimum Gasteiger partial charge on any atom is -0.375 e. The van der Waals surface area contributed by atoms with Gasteiger partial charge in [0, 0.05) is 36.2 Å². The summed E-state index contributed by atoms with van der Waals surface area (Å²) in [5.74, 6) is -1.29. The van der Waals surface area contributed by atoms with Gasteiger partial charge < -0.3 is 10.6 Å². The van der Waals surface area contributed by atoms with Gasteiger partial charge in [-0.2, -0.15) is 0 Å². The van der Waals surface area contributed by atoms with E-state index in [2.05, 4.69) is 25.3 Å². The highest BCUT2D eigenvalue weighted by Crippen LogP contribution is 2.31. The first kappa shape index (κ1) is 28.2. The van der Waals surface area contributed by atoms with Crippen molar-refractivity contribution in [2.45, 2.75) is 49.6 Å². The van der Waals surface area contributed by atoms with E-state index in [0.29, 0.717) is 11.3 Å². The van der Waals surface area contributed by atoms with E-state index in [1.54, 1.807) is 30.3 Å². The fourth-order valence-electron chi connectivity index (χ4n) is 4.76. The van der Waals surface area contributed by atoms with Crippen molar-refractivity contribution in [1.29, 1.82) is 0 Å². The molecule has 3 aromatic rings. The predicted octanol–water partition coefficient (Wildman–Crippen LogP) is 3.77. The van der Waals surface area contributed by atoms with E-state index in [1.807, 2.05) is 0 Å². The van der Waals surface area contributed by atoms with Gasteiger partial charge in [-0.1, -0.05) is 43.0 Å². The van der Waals surface area contributed by atoms with Crippen LogP contribution in [0.4, 0.5) is 11.6 Å². The second-order valence-corrected chi connectivity index (χ2v) is 11.7. The van der Waals surface area contributed by atoms with Crippen LogP contribution in [0.25, 0.3) is 0 Å². The van der Waals surface area contributed by atoms with Crippen molar-refractivity contribution in [1.82, 2.24) is 20.2 Å². The number of nitrogens with one attached hydrogen (secondary N) is 3. The second-order valence-electron chi connectivity index (χ2n) is 9.67. The van der Waals surface area contributed by atoms with Gasteiger partial charge in [0.25, 0.3) is 27.7 Å². The molecule has 2 aromatic carbocycles. The van der Waals surface area contributed by atoms with Gasteiger partial charge in [-0.3, -0.25) is 19.3 Å². The number of rotatable bonds is 9. The van der Waals surface area contributed by atoms with Gasteiger partial charge in [0.2, 0.25) is 5.95 Å². The molecule has 13 heteroatoms. The first-order chi connectivity index (χ1) is 19.7. The lowest BCUT2D eigenvalue weighted by Crippen LogP contribution is -2.43. The molecule has 1 aliphatic heterocycles. The topological polar surface area (TPSA) is 150 Å². The molecule has 1 saturated carbocycles. The smallest absolute Gasteiger partial charge is 0.278 e. The molecule has 0 radical (unpaired) electrons. The maximum Gasteiger partial charge on any atom is 0.278 e. The Hall–Kier alpha value is -4.29. The summed E-state index contributed by atoms with van der Waals surface area (Å²) in [5, 5.41) is 5.62. The highest BCUT2D eigenvalue weighted by Gasteiger charge is 2.41. The van der Waals surface area contributed by atoms with Crippen molar-refractivity contribution >= 4 is 51.0 Å². The molecule has 0 saturated heterocycles. The van der Waals surface area contributed by atoms with Gasteiger partial charge in [0.05, 0.1) is 4.90 Å². The quantitative estimate of drug-likeness (QED) is 0.317. The predicted molar refractivity (Wildman–Crippen MR) is 152 cm³/mol. The maximum absolute atomic E-state index is 12.9. The zero-order valence-corrected chi connectivity index (χ0v) is 23.4. The SMILES string of the molecule is O=C(Nc1ccc(S(=O)(=O)Nc2ncccn2)cc1)c1ccc(CNC2=C(Cl)C(=O)N(C3CCCCC3)C2=O)cc1. The number of carbonyl (C=O) groups is 3. The average Bonchev–Trinajstić information content (AvgIpc) is 3.19. The Kier molecular flexibility index (Phi) is 8.31. The van der Waals surface area contributed by atoms with Crippen LogP contribution in [0.1, 0.15) is 48.0 Å². The highest BCUT2D eigenvalue weighted by atomic mass is 35.5. The molecule has 0 unspecified atom stereocenters. The molecule has 0 atom stereocenters. The van der Waals surface area contributed by atoms with Crippen molar-refractivity contribution in [3.8, 4) is 0 Å². The summed E-state index contributed by atoms with van der Waals surface area (Å²) < 4.78 is 27.4. The summed E-state index contributed by atoms with van der Waals surface area (Å²) in [4.78, 5) is 47.3. The van der Waals surface area contributed by atoms with Crippen LogP contribution in [-0.4, -0.2) is 47.0 Å². The van der Waals surface area contributed by atoms with E-state index in [1.165, 1.54) is 41.6 Å². The molecule has 3 amide bonds. The Morgan fingerprint density at radius 3 is 2.24 bits per heavy atom. The highest BCUT2D eigenvalue weighted by molar-refractivity contribution is 7.92. The number of carbonyl (C=O) groups excluding carboxylic acids is 3. The molecule has 0 spiro atoms. The number of hydrogen-bond acceptors (Lipinski definition) is 8. The molecule has 41 heavy (non-hydrogen) atoms. The monoisotopic (exact) mass is 594 g/mol. The van der Waals surface area contributed by atoms with Gasteiger partial charge in [-0.05, 0) is 60.9 Å². The third-order valence-electron chi connectivity index (χ3n) is 6.90. The molecule has 3 N–H and O–H groups in total. The Morgan fingerprint density at radius 2 is 1.59 bits per heavy atom. The lowest BCUT2D eigenvalue weighted by molar-refractivity contribution is -0.140. The van der Waals surface area contributed by atoms with Crippen LogP contribution in [0, 0.1) is 0 Å². The summed E-state index contributed by atoms with van der Waals surface area (Å²) in [6, 6.07) is 13.8. The number of anilines is 2. The van der Waals surface area contributed by atoms with Gasteiger partial charge in [-0.25, -0.2) is 23.1 Å². The lowest BCUT2D eigenvalue weighted by atomic mass is 9.94. The number of benzene rings is 2. The molecule has 2 aliphatic rings. The number of sulfonamides is 1. The van der Waals surface area contributed by atoms with Crippen molar-refractivity contribution in [2.75, 3.05) is 10.0 Å². The molecular formula is C28H27ClN6O5S. The summed E-state index contributed by atoms with van der Waals surface area (Å²) in [6.07, 6.45) is 7.50. The maximum atomic E-state index is 12.9. The summed E-state index contributed by atoms with van der Waals surface area (Å²) in [7, 11) is -3.89. The van der Waals surface area contributed by atoms with E-state index >= 15 is 0 Å². The van der Waals surface area contributed by atoms with E-state index in [0.717, 1.165) is 37.7 Å². The fraction of sp³-hybridized carbons (Fsp3) is 0.250. The van der Waals surface area contributed by atoms with Crippen molar-refractivity contribution < 1.29 is 22.8 Å². The zero-order valence-electron chi connectivity index (χ0n) is 21.8. The Bertz CT molecular complexity index is 1590. The van der Waals surface area contributed by atoms with Gasteiger partial charge in [-0.15, -0.1) is 0 Å². The van der Waals surface area contributed by atoms with Crippen LogP contribution in [0.3, 0.4) is 0 Å². The molecule has 1 fully saturated rings. The van der Waals surface area contributed by atoms with Gasteiger partial charge in [0.15, 0.2) is 0 Å². The zero-order chi connectivity index (χ0) is 29.0. The number of amides is 3. The van der Waals surface area contributed by atoms with Crippen LogP contribution in [-0.2, 0) is 26.2 Å². The first-order valence-electron chi connectivity index (χ1n) is 13.0. The molecule has 5 rings (SSSR count). The van der Waals surface area contributed by atoms with Crippen LogP contribution in [0.2, 0.25) is 0 Å². The molecule has 1 aromatic heterocycles. The van der Waals surface area contributed by atoms with Crippen LogP contribution < -0.4 is 15.4 Å². The van der Waals surface area contributed by atoms with E-state index in [-0.39, 0.29) is 40.1 Å². The molecule has 1 aliphatic carbocycles. The van der Waals surface area contributed by atoms with Crippen LogP contribution in [0.5, 0.6) is 0 Å². The minimum atomic E-state index is -3.89. The molecule has 212 valence electrons. The summed E-state index contributed by atoms with van der Waals surface area (Å²) in [5.41, 5.74) is 1.66. The largest absolute Gasteiger partial charge is 0.375 e. The number of aromatic nitrogens is 2. The number of hydrogen-bond donors (Lipinski definition) is 3. The van der Waals surface area contributed by atoms with Crippen molar-refractivity contribution in [2.24, 2.45) is 0 Å². The van der Waals surface area contributed by atoms with Gasteiger partial charge >= 0.3 is 0 Å². The lowest BCUT2D eigenvalue weighted by Gasteiger charge is -2.29. The van der Waals surface area contributed by atoms with Crippen LogP contribution in [0.15, 0.2) is 82.6 Å². The third kappa shape index (κ3) is 6.39. The molecular weight excluding hydrogens is 568 g/mol. The van der Waals surface area contributed by atoms with Gasteiger partial charge in [0.1, 0.15) is 10.7 Å². The second kappa shape index (κ2) is 12.1. The van der Waals surface area contributed by atoms with E-state index in [9.17, 15) is 22.8 Å².